The SMILES string of the molecule is CN(C)CCNC(=O)c1ccc(NN)nc1. The van der Waals surface area contributed by atoms with Crippen LogP contribution in [-0.2, 0) is 0 Å². The van der Waals surface area contributed by atoms with Gasteiger partial charge in [0.1, 0.15) is 5.82 Å². The number of nitrogens with one attached hydrogen (secondary N) is 2. The Morgan fingerprint density at radius 1 is 1.50 bits per heavy atom. The Bertz CT molecular complexity index is 336. The van der Waals surface area contributed by atoms with Crippen molar-refractivity contribution in [2.45, 2.75) is 0 Å². The van der Waals surface area contributed by atoms with E-state index in [9.17, 15) is 4.79 Å². The van der Waals surface area contributed by atoms with Gasteiger partial charge >= 0.3 is 0 Å². The lowest BCUT2D eigenvalue weighted by Crippen LogP contribution is -2.31. The Hall–Kier alpha value is -1.66. The van der Waals surface area contributed by atoms with Crippen molar-refractivity contribution < 1.29 is 4.79 Å². The number of anilines is 1. The number of hydrazine groups is 1. The van der Waals surface area contributed by atoms with Crippen LogP contribution in [0.25, 0.3) is 0 Å². The molecule has 0 aliphatic rings. The number of nitrogen functional groups attached to an aromatic ring is 1. The molecule has 0 saturated carbocycles. The fraction of sp³-hybridized carbons (Fsp3) is 0.400. The van der Waals surface area contributed by atoms with E-state index in [1.165, 1.54) is 6.20 Å². The van der Waals surface area contributed by atoms with Crippen molar-refractivity contribution in [2.24, 2.45) is 5.84 Å². The predicted octanol–water partition coefficient (Wildman–Crippen LogP) is -0.341. The Morgan fingerprint density at radius 2 is 2.25 bits per heavy atom. The van der Waals surface area contributed by atoms with E-state index in [-0.39, 0.29) is 5.91 Å². The first-order chi connectivity index (χ1) is 7.63. The minimum Gasteiger partial charge on any atom is -0.351 e. The molecule has 1 rings (SSSR count). The first-order valence-corrected chi connectivity index (χ1v) is 4.99. The summed E-state index contributed by atoms with van der Waals surface area (Å²) in [6.45, 7) is 1.42. The van der Waals surface area contributed by atoms with Crippen LogP contribution in [-0.4, -0.2) is 43.0 Å². The van der Waals surface area contributed by atoms with Crippen LogP contribution in [0.2, 0.25) is 0 Å². The van der Waals surface area contributed by atoms with Gasteiger partial charge in [-0.1, -0.05) is 0 Å². The Kier molecular flexibility index (Phi) is 4.68. The molecule has 0 unspecified atom stereocenters. The molecular formula is C10H17N5O. The van der Waals surface area contributed by atoms with Gasteiger partial charge in [0.2, 0.25) is 0 Å². The smallest absolute Gasteiger partial charge is 0.252 e. The number of likely N-dealkylation sites (N-methyl/N-ethyl adjacent to an activating group) is 1. The number of nitrogens with zero attached hydrogens (tertiary/aromatic N) is 2. The average molecular weight is 223 g/mol. The van der Waals surface area contributed by atoms with Crippen LogP contribution in [0.1, 0.15) is 10.4 Å². The number of aromatic nitrogens is 1. The van der Waals surface area contributed by atoms with E-state index in [2.05, 4.69) is 15.7 Å². The number of nitrogens with two attached hydrogens (primary N) is 1. The van der Waals surface area contributed by atoms with Crippen LogP contribution in [0.15, 0.2) is 18.3 Å². The Morgan fingerprint density at radius 3 is 2.75 bits per heavy atom. The molecule has 1 aromatic heterocycles. The summed E-state index contributed by atoms with van der Waals surface area (Å²) >= 11 is 0. The van der Waals surface area contributed by atoms with Crippen LogP contribution in [0.3, 0.4) is 0 Å². The third-order valence-electron chi connectivity index (χ3n) is 2.02. The van der Waals surface area contributed by atoms with Gasteiger partial charge in [0.15, 0.2) is 0 Å². The Balaban J connectivity index is 2.46. The molecule has 88 valence electrons. The fourth-order valence-electron chi connectivity index (χ4n) is 1.11. The van der Waals surface area contributed by atoms with Crippen molar-refractivity contribution in [3.05, 3.63) is 23.9 Å². The first-order valence-electron chi connectivity index (χ1n) is 4.99. The molecule has 0 aromatic carbocycles. The summed E-state index contributed by atoms with van der Waals surface area (Å²) in [6.07, 6.45) is 1.49. The monoisotopic (exact) mass is 223 g/mol. The lowest BCUT2D eigenvalue weighted by atomic mass is 10.2. The quantitative estimate of drug-likeness (QED) is 0.470. The molecule has 0 fully saturated rings. The normalized spacial score (nSPS) is 10.2. The molecule has 1 heterocycles. The third-order valence-corrected chi connectivity index (χ3v) is 2.02. The highest BCUT2D eigenvalue weighted by Gasteiger charge is 2.04. The Labute approximate surface area is 94.8 Å². The van der Waals surface area contributed by atoms with E-state index < -0.39 is 0 Å². The van der Waals surface area contributed by atoms with Gasteiger partial charge in [-0.25, -0.2) is 10.8 Å². The molecule has 1 aromatic rings. The predicted molar refractivity (Wildman–Crippen MR) is 62.9 cm³/mol. The van der Waals surface area contributed by atoms with E-state index in [0.717, 1.165) is 6.54 Å². The summed E-state index contributed by atoms with van der Waals surface area (Å²) in [5.41, 5.74) is 2.93. The molecule has 0 saturated heterocycles. The molecule has 0 atom stereocenters. The number of amides is 1. The molecule has 4 N–H and O–H groups in total. The lowest BCUT2D eigenvalue weighted by Gasteiger charge is -2.10. The van der Waals surface area contributed by atoms with Crippen molar-refractivity contribution in [2.75, 3.05) is 32.6 Å². The molecule has 0 aliphatic carbocycles. The molecule has 0 radical (unpaired) electrons. The molecular weight excluding hydrogens is 206 g/mol. The van der Waals surface area contributed by atoms with E-state index in [1.54, 1.807) is 12.1 Å². The lowest BCUT2D eigenvalue weighted by molar-refractivity contribution is 0.0950. The maximum absolute atomic E-state index is 11.6. The zero-order valence-electron chi connectivity index (χ0n) is 9.53. The highest BCUT2D eigenvalue weighted by atomic mass is 16.1. The van der Waals surface area contributed by atoms with Gasteiger partial charge in [0, 0.05) is 19.3 Å². The van der Waals surface area contributed by atoms with Crippen LogP contribution in [0.5, 0.6) is 0 Å². The maximum atomic E-state index is 11.6. The minimum atomic E-state index is -0.127. The second-order valence-corrected chi connectivity index (χ2v) is 3.64. The van der Waals surface area contributed by atoms with Gasteiger partial charge in [0.25, 0.3) is 5.91 Å². The molecule has 0 spiro atoms. The molecule has 1 amide bonds. The molecule has 6 nitrogen and oxygen atoms in total. The molecule has 0 aliphatic heterocycles. The minimum absolute atomic E-state index is 0.127. The molecule has 16 heavy (non-hydrogen) atoms. The van der Waals surface area contributed by atoms with E-state index in [0.29, 0.717) is 17.9 Å². The van der Waals surface area contributed by atoms with Crippen molar-refractivity contribution >= 4 is 11.7 Å². The number of carbonyl (C=O) groups is 1. The second kappa shape index (κ2) is 6.04. The highest BCUT2D eigenvalue weighted by molar-refractivity contribution is 5.94. The van der Waals surface area contributed by atoms with Crippen LogP contribution in [0, 0.1) is 0 Å². The largest absolute Gasteiger partial charge is 0.351 e. The zero-order chi connectivity index (χ0) is 12.0. The van der Waals surface area contributed by atoms with Crippen molar-refractivity contribution in [1.29, 1.82) is 0 Å². The zero-order valence-corrected chi connectivity index (χ0v) is 9.53. The second-order valence-electron chi connectivity index (χ2n) is 3.64. The average Bonchev–Trinajstić information content (AvgIpc) is 2.28. The first kappa shape index (κ1) is 12.4. The molecule has 6 heteroatoms. The van der Waals surface area contributed by atoms with Gasteiger partial charge in [0.05, 0.1) is 5.56 Å². The summed E-state index contributed by atoms with van der Waals surface area (Å²) in [6, 6.07) is 3.33. The highest BCUT2D eigenvalue weighted by Crippen LogP contribution is 2.02. The number of hydrogen-bond acceptors (Lipinski definition) is 5. The number of pyridine rings is 1. The van der Waals surface area contributed by atoms with E-state index in [1.807, 2.05) is 19.0 Å². The summed E-state index contributed by atoms with van der Waals surface area (Å²) in [5.74, 6) is 5.58. The van der Waals surface area contributed by atoms with E-state index in [4.69, 9.17) is 5.84 Å². The topological polar surface area (TPSA) is 83.3 Å². The third kappa shape index (κ3) is 3.84. The number of rotatable bonds is 5. The van der Waals surface area contributed by atoms with Gasteiger partial charge in [-0.05, 0) is 26.2 Å². The van der Waals surface area contributed by atoms with Gasteiger partial charge in [-0.15, -0.1) is 0 Å². The summed E-state index contributed by atoms with van der Waals surface area (Å²) in [7, 11) is 3.91. The number of carbonyl (C=O) groups excluding carboxylic acids is 1. The summed E-state index contributed by atoms with van der Waals surface area (Å²) < 4.78 is 0. The summed E-state index contributed by atoms with van der Waals surface area (Å²) in [4.78, 5) is 17.6. The standard InChI is InChI=1S/C10H17N5O/c1-15(2)6-5-12-10(16)8-3-4-9(14-11)13-7-8/h3-4,7H,5-6,11H2,1-2H3,(H,12,16)(H,13,14). The molecule has 0 bridgehead atoms. The maximum Gasteiger partial charge on any atom is 0.252 e. The van der Waals surface area contributed by atoms with E-state index >= 15 is 0 Å². The van der Waals surface area contributed by atoms with Crippen LogP contribution < -0.4 is 16.6 Å². The van der Waals surface area contributed by atoms with Crippen molar-refractivity contribution in [1.82, 2.24) is 15.2 Å². The van der Waals surface area contributed by atoms with Gasteiger partial charge in [-0.2, -0.15) is 0 Å². The summed E-state index contributed by atoms with van der Waals surface area (Å²) in [5, 5.41) is 2.80. The number of hydrogen-bond donors (Lipinski definition) is 3. The van der Waals surface area contributed by atoms with Crippen LogP contribution >= 0.6 is 0 Å². The van der Waals surface area contributed by atoms with Crippen molar-refractivity contribution in [3.8, 4) is 0 Å². The van der Waals surface area contributed by atoms with Crippen molar-refractivity contribution in [3.63, 3.8) is 0 Å². The van der Waals surface area contributed by atoms with Crippen LogP contribution in [0.4, 0.5) is 5.82 Å². The fourth-order valence-corrected chi connectivity index (χ4v) is 1.11. The van der Waals surface area contributed by atoms with Gasteiger partial charge in [-0.3, -0.25) is 4.79 Å². The van der Waals surface area contributed by atoms with Gasteiger partial charge < -0.3 is 15.6 Å².